The lowest BCUT2D eigenvalue weighted by Gasteiger charge is -2.21. The van der Waals surface area contributed by atoms with Crippen molar-refractivity contribution in [2.75, 3.05) is 24.6 Å². The Bertz CT molecular complexity index is 835. The first-order valence-corrected chi connectivity index (χ1v) is 9.87. The smallest absolute Gasteiger partial charge is 0.277 e. The summed E-state index contributed by atoms with van der Waals surface area (Å²) in [6, 6.07) is 13.1. The minimum absolute atomic E-state index is 0.0692. The number of hydrazone groups is 1. The van der Waals surface area contributed by atoms with Crippen LogP contribution in [0, 0.1) is 0 Å². The summed E-state index contributed by atoms with van der Waals surface area (Å²) in [4.78, 5) is 14.1. The molecule has 0 bridgehead atoms. The monoisotopic (exact) mass is 397 g/mol. The molecule has 0 spiro atoms. The van der Waals surface area contributed by atoms with E-state index in [1.54, 1.807) is 12.1 Å². The Kier molecular flexibility index (Phi) is 7.65. The topological polar surface area (TPSA) is 74.2 Å². The molecule has 2 aromatic rings. The Morgan fingerprint density at radius 1 is 1.14 bits per heavy atom. The van der Waals surface area contributed by atoms with E-state index in [4.69, 9.17) is 4.74 Å². The number of rotatable bonds is 8. The Hall–Kier alpha value is -3.02. The van der Waals surface area contributed by atoms with Gasteiger partial charge >= 0.3 is 0 Å². The van der Waals surface area contributed by atoms with Crippen molar-refractivity contribution >= 4 is 17.8 Å². The van der Waals surface area contributed by atoms with Crippen LogP contribution in [0.4, 0.5) is 5.69 Å². The minimum atomic E-state index is -0.375. The highest BCUT2D eigenvalue weighted by Gasteiger charge is 2.13. The first kappa shape index (κ1) is 22.3. The van der Waals surface area contributed by atoms with Crippen molar-refractivity contribution in [3.05, 3.63) is 53.6 Å². The number of nitrogens with zero attached hydrogens (tertiary/aromatic N) is 2. The van der Waals surface area contributed by atoms with Crippen molar-refractivity contribution in [2.24, 2.45) is 5.10 Å². The van der Waals surface area contributed by atoms with Crippen molar-refractivity contribution in [1.29, 1.82) is 0 Å². The maximum atomic E-state index is 11.9. The second-order valence-corrected chi connectivity index (χ2v) is 7.77. The largest absolute Gasteiger partial charge is 0.507 e. The lowest BCUT2D eigenvalue weighted by molar-refractivity contribution is -0.123. The first-order chi connectivity index (χ1) is 13.7. The van der Waals surface area contributed by atoms with Crippen molar-refractivity contribution in [3.63, 3.8) is 0 Å². The number of anilines is 1. The Balaban J connectivity index is 1.86. The zero-order valence-corrected chi connectivity index (χ0v) is 17.9. The van der Waals surface area contributed by atoms with E-state index in [0.29, 0.717) is 11.3 Å². The predicted molar refractivity (Wildman–Crippen MR) is 118 cm³/mol. The number of hydrogen-bond acceptors (Lipinski definition) is 5. The third kappa shape index (κ3) is 6.52. The van der Waals surface area contributed by atoms with Crippen LogP contribution in [0.3, 0.4) is 0 Å². The molecule has 2 rings (SSSR count). The summed E-state index contributed by atoms with van der Waals surface area (Å²) in [5, 5.41) is 14.1. The number of benzene rings is 2. The molecule has 0 saturated carbocycles. The van der Waals surface area contributed by atoms with Gasteiger partial charge in [0.1, 0.15) is 11.5 Å². The van der Waals surface area contributed by atoms with E-state index in [1.165, 1.54) is 11.8 Å². The summed E-state index contributed by atoms with van der Waals surface area (Å²) >= 11 is 0. The van der Waals surface area contributed by atoms with Gasteiger partial charge < -0.3 is 14.7 Å². The molecule has 0 fully saturated rings. The Morgan fingerprint density at radius 3 is 2.34 bits per heavy atom. The molecule has 2 N–H and O–H groups in total. The van der Waals surface area contributed by atoms with Gasteiger partial charge in [-0.3, -0.25) is 4.79 Å². The molecule has 6 nitrogen and oxygen atoms in total. The van der Waals surface area contributed by atoms with Gasteiger partial charge in [-0.15, -0.1) is 0 Å². The fourth-order valence-electron chi connectivity index (χ4n) is 2.83. The molecule has 0 aliphatic heterocycles. The lowest BCUT2D eigenvalue weighted by atomic mass is 9.87. The minimum Gasteiger partial charge on any atom is -0.507 e. The van der Waals surface area contributed by atoms with Gasteiger partial charge in [0.2, 0.25) is 0 Å². The van der Waals surface area contributed by atoms with E-state index in [9.17, 15) is 9.90 Å². The molecule has 0 atom stereocenters. The number of phenolic OH excluding ortho intramolecular Hbond substituents is 1. The zero-order valence-electron chi connectivity index (χ0n) is 17.9. The molecular weight excluding hydrogens is 366 g/mol. The standard InChI is InChI=1S/C23H31N3O3/c1-6-26(7-2)19-11-8-17(21(27)14-19)15-24-25-22(28)16-29-20-12-9-18(10-13-20)23(3,4)5/h8-15,27H,6-7,16H2,1-5H3,(H,25,28). The number of nitrogens with one attached hydrogen (secondary N) is 1. The number of ether oxygens (including phenoxy) is 1. The van der Waals surface area contributed by atoms with Crippen LogP contribution >= 0.6 is 0 Å². The fraction of sp³-hybridized carbons (Fsp3) is 0.391. The highest BCUT2D eigenvalue weighted by atomic mass is 16.5. The van der Waals surface area contributed by atoms with Crippen molar-refractivity contribution in [3.8, 4) is 11.5 Å². The number of amides is 1. The molecule has 0 aromatic heterocycles. The molecule has 0 heterocycles. The third-order valence-corrected chi connectivity index (χ3v) is 4.63. The van der Waals surface area contributed by atoms with E-state index < -0.39 is 0 Å². The van der Waals surface area contributed by atoms with Gasteiger partial charge in [0.15, 0.2) is 6.61 Å². The average Bonchev–Trinajstić information content (AvgIpc) is 2.68. The molecule has 6 heteroatoms. The van der Waals surface area contributed by atoms with Gasteiger partial charge in [0.05, 0.1) is 6.21 Å². The second kappa shape index (κ2) is 9.96. The quantitative estimate of drug-likeness (QED) is 0.520. The van der Waals surface area contributed by atoms with Crippen LogP contribution in [0.15, 0.2) is 47.6 Å². The summed E-state index contributed by atoms with van der Waals surface area (Å²) in [5.74, 6) is 0.366. The van der Waals surface area contributed by atoms with Gasteiger partial charge in [-0.05, 0) is 49.1 Å². The number of aromatic hydroxyl groups is 1. The molecular formula is C23H31N3O3. The van der Waals surface area contributed by atoms with E-state index in [1.807, 2.05) is 30.3 Å². The van der Waals surface area contributed by atoms with E-state index in [2.05, 4.69) is 50.0 Å². The highest BCUT2D eigenvalue weighted by Crippen LogP contribution is 2.24. The highest BCUT2D eigenvalue weighted by molar-refractivity contribution is 5.86. The zero-order chi connectivity index (χ0) is 21.4. The molecule has 29 heavy (non-hydrogen) atoms. The summed E-state index contributed by atoms with van der Waals surface area (Å²) < 4.78 is 5.49. The average molecular weight is 398 g/mol. The number of phenols is 1. The van der Waals surface area contributed by atoms with Crippen LogP contribution in [0.5, 0.6) is 11.5 Å². The van der Waals surface area contributed by atoms with E-state index in [0.717, 1.165) is 18.8 Å². The fourth-order valence-corrected chi connectivity index (χ4v) is 2.83. The second-order valence-electron chi connectivity index (χ2n) is 7.77. The summed E-state index contributed by atoms with van der Waals surface area (Å²) in [7, 11) is 0. The lowest BCUT2D eigenvalue weighted by Crippen LogP contribution is -2.24. The number of carbonyl (C=O) groups is 1. The first-order valence-electron chi connectivity index (χ1n) is 9.87. The van der Waals surface area contributed by atoms with E-state index >= 15 is 0 Å². The van der Waals surface area contributed by atoms with Gasteiger partial charge in [-0.25, -0.2) is 5.43 Å². The molecule has 0 saturated heterocycles. The normalized spacial score (nSPS) is 11.5. The molecule has 0 aliphatic carbocycles. The number of hydrogen-bond donors (Lipinski definition) is 2. The third-order valence-electron chi connectivity index (χ3n) is 4.63. The SMILES string of the molecule is CCN(CC)c1ccc(C=NNC(=O)COc2ccc(C(C)(C)C)cc2)c(O)c1. The van der Waals surface area contributed by atoms with Gasteiger partial charge in [0.25, 0.3) is 5.91 Å². The van der Waals surface area contributed by atoms with E-state index in [-0.39, 0.29) is 23.7 Å². The maximum absolute atomic E-state index is 11.9. The maximum Gasteiger partial charge on any atom is 0.277 e. The van der Waals surface area contributed by atoms with Crippen molar-refractivity contribution in [1.82, 2.24) is 5.43 Å². The van der Waals surface area contributed by atoms with Gasteiger partial charge in [-0.1, -0.05) is 32.9 Å². The van der Waals surface area contributed by atoms with Crippen LogP contribution in [-0.4, -0.2) is 36.9 Å². The summed E-state index contributed by atoms with van der Waals surface area (Å²) in [6.45, 7) is 12.1. The van der Waals surface area contributed by atoms with Crippen molar-refractivity contribution in [2.45, 2.75) is 40.0 Å². The van der Waals surface area contributed by atoms with Crippen LogP contribution in [-0.2, 0) is 10.2 Å². The predicted octanol–water partition coefficient (Wildman–Crippen LogP) is 4.07. The van der Waals surface area contributed by atoms with Crippen LogP contribution in [0.1, 0.15) is 45.7 Å². The molecule has 0 radical (unpaired) electrons. The summed E-state index contributed by atoms with van der Waals surface area (Å²) in [5.41, 5.74) is 5.15. The van der Waals surface area contributed by atoms with Crippen LogP contribution < -0.4 is 15.1 Å². The van der Waals surface area contributed by atoms with Gasteiger partial charge in [0, 0.05) is 30.4 Å². The van der Waals surface area contributed by atoms with Gasteiger partial charge in [-0.2, -0.15) is 5.10 Å². The van der Waals surface area contributed by atoms with Crippen LogP contribution in [0.2, 0.25) is 0 Å². The summed E-state index contributed by atoms with van der Waals surface area (Å²) in [6.07, 6.45) is 1.41. The molecule has 0 aliphatic rings. The van der Waals surface area contributed by atoms with Crippen molar-refractivity contribution < 1.29 is 14.6 Å². The van der Waals surface area contributed by atoms with Crippen LogP contribution in [0.25, 0.3) is 0 Å². The molecule has 2 aromatic carbocycles. The number of carbonyl (C=O) groups excluding carboxylic acids is 1. The molecule has 0 unspecified atom stereocenters. The molecule has 156 valence electrons. The Labute approximate surface area is 173 Å². The Morgan fingerprint density at radius 2 is 1.79 bits per heavy atom. The molecule has 1 amide bonds.